The van der Waals surface area contributed by atoms with Gasteiger partial charge in [-0.25, -0.2) is 0 Å². The van der Waals surface area contributed by atoms with Crippen molar-refractivity contribution >= 4 is 11.9 Å². The van der Waals surface area contributed by atoms with Crippen LogP contribution in [0.15, 0.2) is 48.7 Å². The van der Waals surface area contributed by atoms with E-state index >= 15 is 0 Å². The topological polar surface area (TPSA) is 79.7 Å². The molecule has 25 heavy (non-hydrogen) atoms. The van der Waals surface area contributed by atoms with E-state index in [9.17, 15) is 9.59 Å². The molecule has 0 saturated heterocycles. The summed E-state index contributed by atoms with van der Waals surface area (Å²) in [5.74, 6) is -0.907. The number of benzene rings is 1. The number of aliphatic carboxylic acids is 1. The maximum Gasteiger partial charge on any atom is 0.308 e. The molecule has 2 aromatic rings. The van der Waals surface area contributed by atoms with Crippen LogP contribution in [-0.2, 0) is 22.6 Å². The molecule has 0 spiro atoms. The van der Waals surface area contributed by atoms with E-state index in [2.05, 4.69) is 4.98 Å². The minimum atomic E-state index is -0.908. The molecule has 1 heterocycles. The maximum absolute atomic E-state index is 12.2. The number of ether oxygens (including phenoxy) is 1. The molecule has 6 nitrogen and oxygen atoms in total. The van der Waals surface area contributed by atoms with Gasteiger partial charge in [-0.1, -0.05) is 25.1 Å². The third kappa shape index (κ3) is 5.91. The largest absolute Gasteiger partial charge is 0.487 e. The van der Waals surface area contributed by atoms with Gasteiger partial charge in [-0.2, -0.15) is 0 Å². The summed E-state index contributed by atoms with van der Waals surface area (Å²) in [4.78, 5) is 28.7. The van der Waals surface area contributed by atoms with Gasteiger partial charge in [0.15, 0.2) is 0 Å². The lowest BCUT2D eigenvalue weighted by Crippen LogP contribution is -2.34. The summed E-state index contributed by atoms with van der Waals surface area (Å²) < 4.78 is 5.66. The summed E-state index contributed by atoms with van der Waals surface area (Å²) in [5, 5.41) is 8.91. The molecule has 1 aromatic heterocycles. The zero-order valence-electron chi connectivity index (χ0n) is 14.4. The number of carboxylic acid groups (broad SMARTS) is 1. The smallest absolute Gasteiger partial charge is 0.308 e. The molecule has 6 heteroatoms. The van der Waals surface area contributed by atoms with Crippen LogP contribution in [-0.4, -0.2) is 40.5 Å². The predicted octanol–water partition coefficient (Wildman–Crippen LogP) is 2.38. The molecule has 1 atom stereocenters. The van der Waals surface area contributed by atoms with Crippen molar-refractivity contribution in [3.05, 3.63) is 59.9 Å². The predicted molar refractivity (Wildman–Crippen MR) is 93.2 cm³/mol. The fourth-order valence-electron chi connectivity index (χ4n) is 2.24. The number of hydrogen-bond donors (Lipinski definition) is 1. The molecule has 0 aliphatic rings. The Morgan fingerprint density at radius 1 is 1.20 bits per heavy atom. The number of rotatable bonds is 8. The van der Waals surface area contributed by atoms with Crippen molar-refractivity contribution in [1.82, 2.24) is 9.88 Å². The highest BCUT2D eigenvalue weighted by atomic mass is 16.5. The average Bonchev–Trinajstić information content (AvgIpc) is 2.61. The third-order valence-corrected chi connectivity index (χ3v) is 3.79. The second-order valence-corrected chi connectivity index (χ2v) is 5.94. The fourth-order valence-corrected chi connectivity index (χ4v) is 2.24. The Hall–Kier alpha value is -2.89. The number of carbonyl (C=O) groups excluding carboxylic acids is 1. The van der Waals surface area contributed by atoms with Gasteiger partial charge in [-0.15, -0.1) is 0 Å². The van der Waals surface area contributed by atoms with E-state index in [1.54, 1.807) is 20.2 Å². The first-order valence-electron chi connectivity index (χ1n) is 8.04. The Balaban J connectivity index is 1.85. The number of carboxylic acids is 1. The molecule has 1 unspecified atom stereocenters. The Morgan fingerprint density at radius 3 is 2.52 bits per heavy atom. The highest BCUT2D eigenvalue weighted by Crippen LogP contribution is 2.15. The van der Waals surface area contributed by atoms with Gasteiger partial charge >= 0.3 is 5.97 Å². The molecule has 1 aromatic carbocycles. The van der Waals surface area contributed by atoms with Crippen molar-refractivity contribution in [1.29, 1.82) is 0 Å². The van der Waals surface area contributed by atoms with Gasteiger partial charge in [0, 0.05) is 19.8 Å². The van der Waals surface area contributed by atoms with Crippen LogP contribution < -0.4 is 4.74 Å². The minimum absolute atomic E-state index is 0.116. The Morgan fingerprint density at radius 2 is 1.92 bits per heavy atom. The lowest BCUT2D eigenvalue weighted by molar-refractivity contribution is -0.142. The first-order valence-corrected chi connectivity index (χ1v) is 8.04. The van der Waals surface area contributed by atoms with E-state index in [1.165, 1.54) is 4.90 Å². The van der Waals surface area contributed by atoms with E-state index in [1.807, 2.05) is 42.5 Å². The van der Waals surface area contributed by atoms with Crippen molar-refractivity contribution in [2.75, 3.05) is 13.6 Å². The fraction of sp³-hybridized carbons (Fsp3) is 0.316. The summed E-state index contributed by atoms with van der Waals surface area (Å²) in [6, 6.07) is 12.9. The van der Waals surface area contributed by atoms with Gasteiger partial charge in [0.1, 0.15) is 12.4 Å². The highest BCUT2D eigenvalue weighted by molar-refractivity contribution is 5.79. The zero-order valence-corrected chi connectivity index (χ0v) is 14.4. The maximum atomic E-state index is 12.2. The van der Waals surface area contributed by atoms with Crippen molar-refractivity contribution in [2.24, 2.45) is 5.92 Å². The Bertz CT molecular complexity index is 701. The standard InChI is InChI=1S/C19H22N2O4/c1-14(19(23)24)12-21(2)18(22)11-15-6-8-17(9-7-15)25-13-16-5-3-4-10-20-16/h3-10,14H,11-13H2,1-2H3,(H,23,24). The van der Waals surface area contributed by atoms with Crippen LogP contribution in [0.25, 0.3) is 0 Å². The monoisotopic (exact) mass is 342 g/mol. The van der Waals surface area contributed by atoms with Gasteiger partial charge in [0.05, 0.1) is 18.0 Å². The average molecular weight is 342 g/mol. The summed E-state index contributed by atoms with van der Waals surface area (Å²) >= 11 is 0. The van der Waals surface area contributed by atoms with Gasteiger partial charge in [-0.3, -0.25) is 14.6 Å². The summed E-state index contributed by atoms with van der Waals surface area (Å²) in [6.45, 7) is 2.16. The number of amides is 1. The first kappa shape index (κ1) is 18.4. The van der Waals surface area contributed by atoms with Crippen LogP contribution in [0.3, 0.4) is 0 Å². The van der Waals surface area contributed by atoms with Crippen LogP contribution in [0.5, 0.6) is 5.75 Å². The number of hydrogen-bond acceptors (Lipinski definition) is 4. The zero-order chi connectivity index (χ0) is 18.2. The normalized spacial score (nSPS) is 11.6. The quantitative estimate of drug-likeness (QED) is 0.797. The van der Waals surface area contributed by atoms with E-state index < -0.39 is 11.9 Å². The lowest BCUT2D eigenvalue weighted by Gasteiger charge is -2.19. The number of nitrogens with zero attached hydrogens (tertiary/aromatic N) is 2. The number of pyridine rings is 1. The molecule has 132 valence electrons. The van der Waals surface area contributed by atoms with Crippen LogP contribution in [0.1, 0.15) is 18.2 Å². The molecule has 2 rings (SSSR count). The molecule has 1 N–H and O–H groups in total. The van der Waals surface area contributed by atoms with Crippen LogP contribution >= 0.6 is 0 Å². The molecule has 0 aliphatic heterocycles. The van der Waals surface area contributed by atoms with Crippen LogP contribution in [0.4, 0.5) is 0 Å². The third-order valence-electron chi connectivity index (χ3n) is 3.79. The second-order valence-electron chi connectivity index (χ2n) is 5.94. The van der Waals surface area contributed by atoms with Gasteiger partial charge in [0.2, 0.25) is 5.91 Å². The van der Waals surface area contributed by atoms with E-state index in [4.69, 9.17) is 9.84 Å². The minimum Gasteiger partial charge on any atom is -0.487 e. The first-order chi connectivity index (χ1) is 12.0. The van der Waals surface area contributed by atoms with Crippen molar-refractivity contribution in [3.8, 4) is 5.75 Å². The van der Waals surface area contributed by atoms with E-state index in [-0.39, 0.29) is 18.9 Å². The highest BCUT2D eigenvalue weighted by Gasteiger charge is 2.17. The van der Waals surface area contributed by atoms with E-state index in [0.29, 0.717) is 12.4 Å². The lowest BCUT2D eigenvalue weighted by atomic mass is 10.1. The SMILES string of the molecule is CC(CN(C)C(=O)Cc1ccc(OCc2ccccn2)cc1)C(=O)O. The summed E-state index contributed by atoms with van der Waals surface area (Å²) in [7, 11) is 1.62. The molecular formula is C19H22N2O4. The van der Waals surface area contributed by atoms with Gasteiger partial charge < -0.3 is 14.7 Å². The van der Waals surface area contributed by atoms with Crippen molar-refractivity contribution in [3.63, 3.8) is 0 Å². The Labute approximate surface area is 147 Å². The van der Waals surface area contributed by atoms with Crippen LogP contribution in [0, 0.1) is 5.92 Å². The molecule has 0 radical (unpaired) electrons. The summed E-state index contributed by atoms with van der Waals surface area (Å²) in [6.07, 6.45) is 1.94. The van der Waals surface area contributed by atoms with Gasteiger partial charge in [0.25, 0.3) is 0 Å². The second kappa shape index (κ2) is 8.82. The number of aromatic nitrogens is 1. The molecule has 0 saturated carbocycles. The summed E-state index contributed by atoms with van der Waals surface area (Å²) in [5.41, 5.74) is 1.70. The molecule has 0 aliphatic carbocycles. The number of likely N-dealkylation sites (N-methyl/N-ethyl adjacent to an activating group) is 1. The Kier molecular flexibility index (Phi) is 6.51. The molecule has 1 amide bonds. The molecule has 0 bridgehead atoms. The van der Waals surface area contributed by atoms with Crippen LogP contribution in [0.2, 0.25) is 0 Å². The van der Waals surface area contributed by atoms with Crippen molar-refractivity contribution < 1.29 is 19.4 Å². The van der Waals surface area contributed by atoms with E-state index in [0.717, 1.165) is 11.3 Å². The van der Waals surface area contributed by atoms with Gasteiger partial charge in [-0.05, 0) is 29.8 Å². The molecule has 0 fully saturated rings. The van der Waals surface area contributed by atoms with Crippen molar-refractivity contribution in [2.45, 2.75) is 20.0 Å². The molecular weight excluding hydrogens is 320 g/mol. The number of carbonyl (C=O) groups is 2.